The molecule has 3 N–H and O–H groups in total. The number of alkyl halides is 5. The van der Waals surface area contributed by atoms with Gasteiger partial charge in [0.2, 0.25) is 5.91 Å². The van der Waals surface area contributed by atoms with E-state index in [-0.39, 0.29) is 87.1 Å². The van der Waals surface area contributed by atoms with Gasteiger partial charge < -0.3 is 34.8 Å². The number of carbonyl (C=O) groups excluding carboxylic acids is 2. The van der Waals surface area contributed by atoms with Gasteiger partial charge in [0.15, 0.2) is 6.23 Å². The summed E-state index contributed by atoms with van der Waals surface area (Å²) < 4.78 is 76.4. The number of nitrogens with zero attached hydrogens (tertiary/aromatic N) is 3. The summed E-state index contributed by atoms with van der Waals surface area (Å²) in [5.74, 6) is -2.74. The minimum Gasteiger partial charge on any atom is -0.540 e. The fraction of sp³-hybridized carbons (Fsp3) is 0.677. The van der Waals surface area contributed by atoms with E-state index in [0.29, 0.717) is 36.7 Å². The number of hydrogen-bond acceptors (Lipinski definition) is 7. The van der Waals surface area contributed by atoms with Crippen LogP contribution in [0.5, 0.6) is 5.75 Å². The van der Waals surface area contributed by atoms with Crippen LogP contribution in [0.4, 0.5) is 27.6 Å². The Hall–Kier alpha value is -1.12. The quantitative estimate of drug-likeness (QED) is 0.120. The molecule has 3 unspecified atom stereocenters. The predicted octanol–water partition coefficient (Wildman–Crippen LogP) is 5.60. The number of likely N-dealkylation sites (tertiary alicyclic amines) is 1. The van der Waals surface area contributed by atoms with Crippen LogP contribution < -0.4 is 9.64 Å². The van der Waals surface area contributed by atoms with Crippen molar-refractivity contribution in [2.45, 2.75) is 89.8 Å². The number of unbranched alkanes of at least 4 members (excludes halogenated alkanes) is 1. The van der Waals surface area contributed by atoms with Crippen LogP contribution in [-0.2, 0) is 65.6 Å². The SMILES string of the molecule is CCC1CCN(C(=O)CN(O)CC)C1[C-]=O.COC1C(C(F)(F)CCCCC2CC2)=Cc2ccc(OC(F)(F)F)cc2N1C.O.[V].[Y]. The van der Waals surface area contributed by atoms with Gasteiger partial charge in [0, 0.05) is 102 Å². The molecule has 0 bridgehead atoms. The Bertz CT molecular complexity index is 1160. The molecule has 2 fully saturated rings. The Kier molecular flexibility index (Phi) is 20.0. The van der Waals surface area contributed by atoms with Gasteiger partial charge in [-0.2, -0.15) is 5.06 Å². The van der Waals surface area contributed by atoms with Crippen LogP contribution >= 0.6 is 0 Å². The van der Waals surface area contributed by atoms with E-state index in [1.165, 1.54) is 55.0 Å². The van der Waals surface area contributed by atoms with Gasteiger partial charge in [0.25, 0.3) is 5.92 Å². The zero-order chi connectivity index (χ0) is 32.7. The minimum absolute atomic E-state index is 0. The zero-order valence-corrected chi connectivity index (χ0v) is 31.5. The smallest absolute Gasteiger partial charge is 0.540 e. The van der Waals surface area contributed by atoms with E-state index in [2.05, 4.69) is 4.74 Å². The fourth-order valence-corrected chi connectivity index (χ4v) is 5.71. The molecule has 1 aromatic rings. The number of ether oxygens (including phenoxy) is 2. The average Bonchev–Trinajstić information content (AvgIpc) is 3.70. The molecule has 16 heteroatoms. The van der Waals surface area contributed by atoms with Crippen molar-refractivity contribution in [3.63, 3.8) is 0 Å². The molecule has 1 saturated carbocycles. The molecule has 47 heavy (non-hydrogen) atoms. The van der Waals surface area contributed by atoms with Crippen molar-refractivity contribution in [2.75, 3.05) is 38.7 Å². The first-order chi connectivity index (χ1) is 20.7. The van der Waals surface area contributed by atoms with E-state index in [1.807, 2.05) is 13.2 Å². The first-order valence-electron chi connectivity index (χ1n) is 15.1. The van der Waals surface area contributed by atoms with Crippen LogP contribution in [0.1, 0.15) is 70.8 Å². The molecular weight excluding hydrogens is 745 g/mol. The first-order valence-corrected chi connectivity index (χ1v) is 15.1. The number of benzene rings is 1. The third kappa shape index (κ3) is 13.3. The molecular formula is C31H45F5N3O6VY-. The third-order valence-electron chi connectivity index (χ3n) is 8.41. The van der Waals surface area contributed by atoms with Crippen molar-refractivity contribution in [1.82, 2.24) is 9.96 Å². The summed E-state index contributed by atoms with van der Waals surface area (Å²) in [7, 11) is 2.82. The molecule has 3 aliphatic rings. The van der Waals surface area contributed by atoms with Gasteiger partial charge in [-0.25, -0.2) is 15.1 Å². The van der Waals surface area contributed by atoms with Gasteiger partial charge in [-0.1, -0.05) is 52.0 Å². The van der Waals surface area contributed by atoms with Crippen LogP contribution in [0.15, 0.2) is 23.8 Å². The van der Waals surface area contributed by atoms with Crippen LogP contribution in [0, 0.1) is 11.8 Å². The van der Waals surface area contributed by atoms with Crippen molar-refractivity contribution in [3.05, 3.63) is 29.3 Å². The van der Waals surface area contributed by atoms with E-state index >= 15 is 0 Å². The van der Waals surface area contributed by atoms with Crippen LogP contribution in [0.3, 0.4) is 0 Å². The molecule has 1 amide bonds. The number of hydrogen-bond donors (Lipinski definition) is 1. The number of hydroxylamine groups is 2. The Morgan fingerprint density at radius 3 is 2.32 bits per heavy atom. The maximum atomic E-state index is 14.9. The number of amides is 1. The van der Waals surface area contributed by atoms with Crippen molar-refractivity contribution in [2.24, 2.45) is 11.8 Å². The summed E-state index contributed by atoms with van der Waals surface area (Å²) in [6, 6.07) is 3.22. The predicted molar refractivity (Wildman–Crippen MR) is 159 cm³/mol. The molecule has 0 spiro atoms. The van der Waals surface area contributed by atoms with Crippen molar-refractivity contribution in [1.29, 1.82) is 0 Å². The maximum absolute atomic E-state index is 14.9. The summed E-state index contributed by atoms with van der Waals surface area (Å²) >= 11 is 0. The monoisotopic (exact) mass is 790 g/mol. The van der Waals surface area contributed by atoms with Gasteiger partial charge in [-0.3, -0.25) is 4.79 Å². The summed E-state index contributed by atoms with van der Waals surface area (Å²) in [5.41, 5.74) is 0.556. The van der Waals surface area contributed by atoms with Gasteiger partial charge >= 0.3 is 6.36 Å². The zero-order valence-electron chi connectivity index (χ0n) is 27.2. The fourth-order valence-electron chi connectivity index (χ4n) is 5.71. The molecule has 2 radical (unpaired) electrons. The van der Waals surface area contributed by atoms with E-state index < -0.39 is 30.3 Å². The van der Waals surface area contributed by atoms with Crippen LogP contribution in [0.25, 0.3) is 6.08 Å². The number of halogens is 5. The molecule has 1 saturated heterocycles. The Balaban J connectivity index is 0.000000964. The largest absolute Gasteiger partial charge is 0.573 e. The summed E-state index contributed by atoms with van der Waals surface area (Å²) in [6.45, 7) is 4.70. The average molecular weight is 791 g/mol. The molecule has 264 valence electrons. The van der Waals surface area contributed by atoms with Crippen LogP contribution in [0.2, 0.25) is 0 Å². The summed E-state index contributed by atoms with van der Waals surface area (Å²) in [4.78, 5) is 25.6. The summed E-state index contributed by atoms with van der Waals surface area (Å²) in [5, 5.41) is 10.2. The maximum Gasteiger partial charge on any atom is 0.573 e. The van der Waals surface area contributed by atoms with E-state index in [9.17, 15) is 36.7 Å². The second-order valence-electron chi connectivity index (χ2n) is 11.5. The molecule has 3 atom stereocenters. The molecule has 9 nitrogen and oxygen atoms in total. The number of rotatable bonds is 13. The number of carbonyl (C=O) groups is 1. The Morgan fingerprint density at radius 2 is 1.79 bits per heavy atom. The van der Waals surface area contributed by atoms with Crippen LogP contribution in [-0.4, -0.2) is 91.2 Å². The topological polar surface area (TPSA) is 114 Å². The van der Waals surface area contributed by atoms with E-state index in [1.54, 1.807) is 6.92 Å². The third-order valence-corrected chi connectivity index (χ3v) is 8.41. The van der Waals surface area contributed by atoms with Crippen molar-refractivity contribution < 1.29 is 103 Å². The second-order valence-corrected chi connectivity index (χ2v) is 11.5. The van der Waals surface area contributed by atoms with Crippen molar-refractivity contribution in [3.8, 4) is 5.75 Å². The normalized spacial score (nSPS) is 20.5. The van der Waals surface area contributed by atoms with E-state index in [4.69, 9.17) is 4.74 Å². The number of fused-ring (bicyclic) bond motifs is 1. The van der Waals surface area contributed by atoms with Gasteiger partial charge in [-0.15, -0.1) is 13.2 Å². The number of likely N-dealkylation sites (N-methyl/N-ethyl adjacent to an activating group) is 2. The second kappa shape index (κ2) is 20.5. The molecule has 2 aliphatic heterocycles. The Labute approximate surface area is 310 Å². The summed E-state index contributed by atoms with van der Waals surface area (Å²) in [6.07, 6.45) is 3.42. The Morgan fingerprint density at radius 1 is 1.13 bits per heavy atom. The molecule has 0 aromatic heterocycles. The molecule has 4 rings (SSSR count). The van der Waals surface area contributed by atoms with E-state index in [0.717, 1.165) is 36.8 Å². The minimum atomic E-state index is -4.82. The van der Waals surface area contributed by atoms with Gasteiger partial charge in [0.05, 0.1) is 0 Å². The number of anilines is 1. The molecule has 1 aliphatic carbocycles. The molecule has 2 heterocycles. The van der Waals surface area contributed by atoms with Crippen molar-refractivity contribution >= 4 is 24.0 Å². The number of methoxy groups -OCH3 is 1. The van der Waals surface area contributed by atoms with Gasteiger partial charge in [0.1, 0.15) is 12.3 Å². The standard InChI is InChI=1S/C20H24F5NO2.C11H19N2O3.H2O.V.Y/c1-26-17-12-15(28-20(23,24)25)9-8-14(17)11-16(18(26)27-2)19(21,22)10-4-3-5-13-6-7-13;1-3-9-5-6-13(10(9)8-14)11(15)7-12(16)4-2;;;/h8-9,11-13,18H,3-7,10H2,1-2H3;9-10,16H,3-7H2,1-2H3;1H2;;/q;-1;;;. The first kappa shape index (κ1) is 45.9. The molecule has 1 aromatic carbocycles. The van der Waals surface area contributed by atoms with Gasteiger partial charge in [-0.05, 0) is 48.4 Å².